The van der Waals surface area contributed by atoms with Crippen molar-refractivity contribution in [3.05, 3.63) is 80.4 Å². The molecule has 0 spiro atoms. The predicted octanol–water partition coefficient (Wildman–Crippen LogP) is 0.0200. The average molecular weight is 887 g/mol. The number of fused-ring (bicyclic) bond motifs is 2. The number of rotatable bonds is 18. The lowest BCUT2D eigenvalue weighted by Crippen LogP contribution is -2.41. The number of hydrogen-bond acceptors (Lipinski definition) is 18. The van der Waals surface area contributed by atoms with Crippen molar-refractivity contribution in [3.8, 4) is 0 Å². The fourth-order valence-corrected chi connectivity index (χ4v) is 5.81. The van der Waals surface area contributed by atoms with Gasteiger partial charge < -0.3 is 63.8 Å². The number of nitrogens with zero attached hydrogens (tertiary/aromatic N) is 4. The minimum Gasteiger partial charge on any atom is -0.481 e. The number of aliphatic carboxylic acids is 4. The van der Waals surface area contributed by atoms with Gasteiger partial charge in [0.1, 0.15) is 12.1 Å². The Morgan fingerprint density at radius 1 is 0.594 bits per heavy atom. The van der Waals surface area contributed by atoms with Crippen LogP contribution >= 0.6 is 0 Å². The van der Waals surface area contributed by atoms with E-state index >= 15 is 0 Å². The van der Waals surface area contributed by atoms with Gasteiger partial charge in [0.05, 0.1) is 37.6 Å². The number of carboxylic acid groups (broad SMARTS) is 4. The van der Waals surface area contributed by atoms with E-state index in [0.717, 1.165) is 0 Å². The van der Waals surface area contributed by atoms with Gasteiger partial charge in [-0.3, -0.25) is 38.7 Å². The molecule has 16 N–H and O–H groups in total. The molecule has 64 heavy (non-hydrogen) atoms. The van der Waals surface area contributed by atoms with Gasteiger partial charge in [0, 0.05) is 35.3 Å². The van der Waals surface area contributed by atoms with E-state index in [2.05, 4.69) is 61.8 Å². The molecule has 2 aromatic carbocycles. The first-order chi connectivity index (χ1) is 30.4. The van der Waals surface area contributed by atoms with E-state index in [4.69, 9.17) is 31.9 Å². The summed E-state index contributed by atoms with van der Waals surface area (Å²) in [6.07, 6.45) is -1.20. The molecule has 4 aromatic rings. The van der Waals surface area contributed by atoms with Crippen LogP contribution in [0.1, 0.15) is 46.4 Å². The summed E-state index contributed by atoms with van der Waals surface area (Å²) in [5, 5.41) is 52.5. The number of nitrogens with two attached hydrogens (primary N) is 2. The molecule has 6 rings (SSSR count). The number of anilines is 6. The molecular formula is C38H42N14O12. The van der Waals surface area contributed by atoms with Gasteiger partial charge in [-0.1, -0.05) is 0 Å². The average Bonchev–Trinajstić information content (AvgIpc) is 3.25. The van der Waals surface area contributed by atoms with Gasteiger partial charge in [-0.25, -0.2) is 19.6 Å². The van der Waals surface area contributed by atoms with Gasteiger partial charge in [0.2, 0.25) is 11.9 Å². The number of H-pyrrole nitrogens is 2. The summed E-state index contributed by atoms with van der Waals surface area (Å²) in [5.41, 5.74) is 13.5. The summed E-state index contributed by atoms with van der Waals surface area (Å²) in [7, 11) is 0. The molecule has 336 valence electrons. The van der Waals surface area contributed by atoms with Crippen LogP contribution < -0.4 is 54.5 Å². The highest BCUT2D eigenvalue weighted by molar-refractivity contribution is 6.00. The number of benzene rings is 2. The minimum absolute atomic E-state index is 0.00119. The van der Waals surface area contributed by atoms with Gasteiger partial charge in [0.15, 0.2) is 23.0 Å². The van der Waals surface area contributed by atoms with E-state index in [1.165, 1.54) is 24.3 Å². The molecule has 0 saturated carbocycles. The van der Waals surface area contributed by atoms with E-state index in [-0.39, 0.29) is 60.1 Å². The number of amides is 2. The van der Waals surface area contributed by atoms with Crippen LogP contribution in [0.15, 0.2) is 68.1 Å². The van der Waals surface area contributed by atoms with Crippen molar-refractivity contribution in [2.45, 2.75) is 37.8 Å². The summed E-state index contributed by atoms with van der Waals surface area (Å²) >= 11 is 0. The van der Waals surface area contributed by atoms with E-state index in [1.807, 2.05) is 0 Å². The minimum atomic E-state index is -1.31. The molecule has 2 aliphatic rings. The van der Waals surface area contributed by atoms with Crippen LogP contribution in [0.4, 0.5) is 46.3 Å². The first kappa shape index (κ1) is 46.2. The predicted molar refractivity (Wildman–Crippen MR) is 231 cm³/mol. The Balaban J connectivity index is 0.000000241. The SMILES string of the molecule is Nc1nc2c(c(=O)[nH]1)N=C(CNc1ccc(C(=O)N[C@@H](CCC(=O)O)C(=O)O)cc1)CN2.Nc1nc2c(c(=O)[nH]1)N=C(CNc1ccc(C(=O)N[C@@H](CCC(=O)O)C(=O)O)cc1)CN2. The zero-order valence-corrected chi connectivity index (χ0v) is 33.4. The second-order valence-electron chi connectivity index (χ2n) is 13.8. The Hall–Kier alpha value is -8.84. The van der Waals surface area contributed by atoms with Crippen molar-refractivity contribution >= 4 is 93.4 Å². The summed E-state index contributed by atoms with van der Waals surface area (Å²) in [4.78, 5) is 113. The maximum absolute atomic E-state index is 12.3. The molecule has 26 nitrogen and oxygen atoms in total. The van der Waals surface area contributed by atoms with Crippen LogP contribution in [-0.2, 0) is 19.2 Å². The lowest BCUT2D eigenvalue weighted by molar-refractivity contribution is -0.142. The smallest absolute Gasteiger partial charge is 0.326 e. The third-order valence-corrected chi connectivity index (χ3v) is 9.07. The highest BCUT2D eigenvalue weighted by Gasteiger charge is 2.24. The van der Waals surface area contributed by atoms with Crippen LogP contribution in [0.25, 0.3) is 0 Å². The second-order valence-corrected chi connectivity index (χ2v) is 13.8. The lowest BCUT2D eigenvalue weighted by Gasteiger charge is -2.17. The Morgan fingerprint density at radius 2 is 0.953 bits per heavy atom. The van der Waals surface area contributed by atoms with Crippen molar-refractivity contribution in [3.63, 3.8) is 0 Å². The first-order valence-electron chi connectivity index (χ1n) is 19.0. The number of aromatic nitrogens is 4. The van der Waals surface area contributed by atoms with Crippen LogP contribution in [0, 0.1) is 0 Å². The third-order valence-electron chi connectivity index (χ3n) is 9.07. The summed E-state index contributed by atoms with van der Waals surface area (Å²) in [6, 6.07) is 9.91. The molecular weight excluding hydrogens is 845 g/mol. The number of hydrogen-bond donors (Lipinski definition) is 14. The van der Waals surface area contributed by atoms with E-state index < -0.39 is 58.9 Å². The zero-order chi connectivity index (χ0) is 46.5. The van der Waals surface area contributed by atoms with Gasteiger partial charge in [-0.2, -0.15) is 9.97 Å². The highest BCUT2D eigenvalue weighted by Crippen LogP contribution is 2.23. The fraction of sp³-hybridized carbons (Fsp3) is 0.263. The van der Waals surface area contributed by atoms with E-state index in [1.54, 1.807) is 24.3 Å². The Kier molecular flexibility index (Phi) is 15.2. The zero-order valence-electron chi connectivity index (χ0n) is 33.4. The van der Waals surface area contributed by atoms with E-state index in [9.17, 15) is 38.4 Å². The van der Waals surface area contributed by atoms with Crippen LogP contribution in [-0.4, -0.2) is 126 Å². The Bertz CT molecular complexity index is 2430. The van der Waals surface area contributed by atoms with Crippen molar-refractivity contribution < 1.29 is 49.2 Å². The molecule has 0 unspecified atom stereocenters. The van der Waals surface area contributed by atoms with Gasteiger partial charge in [-0.15, -0.1) is 0 Å². The van der Waals surface area contributed by atoms with Gasteiger partial charge >= 0.3 is 23.9 Å². The van der Waals surface area contributed by atoms with Crippen LogP contribution in [0.2, 0.25) is 0 Å². The van der Waals surface area contributed by atoms with Gasteiger partial charge in [0.25, 0.3) is 22.9 Å². The maximum atomic E-state index is 12.3. The fourth-order valence-electron chi connectivity index (χ4n) is 5.81. The summed E-state index contributed by atoms with van der Waals surface area (Å²) in [5.74, 6) is -5.54. The molecule has 2 amide bonds. The molecule has 0 radical (unpaired) electrons. The quantitative estimate of drug-likeness (QED) is 0.0626. The monoisotopic (exact) mass is 886 g/mol. The van der Waals surface area contributed by atoms with Crippen molar-refractivity contribution in [1.82, 2.24) is 30.6 Å². The topological polar surface area (TPSA) is 424 Å². The molecule has 0 saturated heterocycles. The largest absolute Gasteiger partial charge is 0.481 e. The number of nitrogens with one attached hydrogen (secondary N) is 8. The molecule has 2 aromatic heterocycles. The highest BCUT2D eigenvalue weighted by atomic mass is 16.4. The molecule has 2 aliphatic heterocycles. The Labute approximate surface area is 359 Å². The molecule has 26 heteroatoms. The third kappa shape index (κ3) is 13.1. The van der Waals surface area contributed by atoms with Crippen molar-refractivity contribution in [2.24, 2.45) is 9.98 Å². The van der Waals surface area contributed by atoms with Crippen LogP contribution in [0.5, 0.6) is 0 Å². The number of carbonyl (C=O) groups is 6. The molecule has 0 bridgehead atoms. The lowest BCUT2D eigenvalue weighted by atomic mass is 10.1. The number of nitrogen functional groups attached to an aromatic ring is 2. The van der Waals surface area contributed by atoms with Crippen molar-refractivity contribution in [2.75, 3.05) is 58.9 Å². The summed E-state index contributed by atoms with van der Waals surface area (Å²) < 4.78 is 0. The molecule has 2 atom stereocenters. The molecule has 0 aliphatic carbocycles. The Morgan fingerprint density at radius 3 is 1.28 bits per heavy atom. The van der Waals surface area contributed by atoms with E-state index in [0.29, 0.717) is 60.6 Å². The number of aromatic amines is 2. The van der Waals surface area contributed by atoms with Crippen molar-refractivity contribution in [1.29, 1.82) is 0 Å². The molecule has 4 heterocycles. The van der Waals surface area contributed by atoms with Gasteiger partial charge in [-0.05, 0) is 61.4 Å². The first-order valence-corrected chi connectivity index (χ1v) is 19.0. The van der Waals surface area contributed by atoms with Crippen LogP contribution in [0.3, 0.4) is 0 Å². The standard InChI is InChI=1S/2C19H21N7O6/c2*20-19-25-15-14(17(30)26-19)23-11(8-22-15)7-21-10-3-1-9(2-4-10)16(29)24-12(18(31)32)5-6-13(27)28/h2*1-4,12,21H,5-8H2,(H,24,29)(H,27,28)(H,31,32)(H4,20,22,25,26,30)/t2*12-/m00/s1. The number of aliphatic imine (C=N–C) groups is 2. The number of carbonyl (C=O) groups excluding carboxylic acids is 2. The second kappa shape index (κ2) is 21.1. The summed E-state index contributed by atoms with van der Waals surface area (Å²) in [6.45, 7) is 1.36. The molecule has 0 fully saturated rings. The normalized spacial score (nSPS) is 13.2. The number of carboxylic acids is 4. The maximum Gasteiger partial charge on any atom is 0.326 e.